The Morgan fingerprint density at radius 2 is 1.86 bits per heavy atom. The van der Waals surface area contributed by atoms with Crippen molar-refractivity contribution in [1.82, 2.24) is 4.90 Å². The second kappa shape index (κ2) is 9.74. The van der Waals surface area contributed by atoms with E-state index in [-0.39, 0.29) is 18.2 Å². The minimum Gasteiger partial charge on any atom is -0.326 e. The van der Waals surface area contributed by atoms with E-state index in [2.05, 4.69) is 12.2 Å². The molecule has 1 aliphatic rings. The zero-order valence-electron chi connectivity index (χ0n) is 17.1. The van der Waals surface area contributed by atoms with Crippen molar-refractivity contribution in [3.05, 3.63) is 59.7 Å². The van der Waals surface area contributed by atoms with Gasteiger partial charge in [0.15, 0.2) is 5.17 Å². The van der Waals surface area contributed by atoms with Gasteiger partial charge in [-0.25, -0.2) is 4.99 Å². The van der Waals surface area contributed by atoms with Crippen LogP contribution in [0.4, 0.5) is 11.4 Å². The molecule has 0 spiro atoms. The summed E-state index contributed by atoms with van der Waals surface area (Å²) in [5.41, 5.74) is 3.76. The third-order valence-electron chi connectivity index (χ3n) is 4.80. The number of carbonyl (C=O) groups is 2. The van der Waals surface area contributed by atoms with Gasteiger partial charge in [0.1, 0.15) is 5.25 Å². The number of nitrogens with one attached hydrogen (secondary N) is 1. The summed E-state index contributed by atoms with van der Waals surface area (Å²) in [5.74, 6) is -0.188. The van der Waals surface area contributed by atoms with Gasteiger partial charge in [0.05, 0.1) is 5.69 Å². The van der Waals surface area contributed by atoms with Gasteiger partial charge in [0, 0.05) is 18.7 Å². The Labute approximate surface area is 176 Å². The van der Waals surface area contributed by atoms with Crippen LogP contribution in [0.5, 0.6) is 0 Å². The first-order chi connectivity index (χ1) is 14.0. The second-order valence-corrected chi connectivity index (χ2v) is 8.42. The van der Waals surface area contributed by atoms with E-state index in [1.54, 1.807) is 4.90 Å². The molecule has 1 fully saturated rings. The summed E-state index contributed by atoms with van der Waals surface area (Å²) in [5, 5.41) is 3.16. The first kappa shape index (κ1) is 21.1. The molecule has 1 heterocycles. The molecule has 0 saturated carbocycles. The van der Waals surface area contributed by atoms with Crippen molar-refractivity contribution in [2.75, 3.05) is 11.9 Å². The number of benzene rings is 2. The number of hydrogen-bond donors (Lipinski definition) is 1. The molecule has 2 amide bonds. The molecule has 2 aromatic rings. The number of aliphatic imine (C=N–C) groups is 1. The number of rotatable bonds is 7. The molecule has 0 radical (unpaired) electrons. The van der Waals surface area contributed by atoms with E-state index >= 15 is 0 Å². The average molecular weight is 410 g/mol. The third kappa shape index (κ3) is 5.48. The minimum absolute atomic E-state index is 0.0331. The van der Waals surface area contributed by atoms with Gasteiger partial charge in [-0.15, -0.1) is 0 Å². The maximum absolute atomic E-state index is 13.0. The van der Waals surface area contributed by atoms with E-state index in [9.17, 15) is 9.59 Å². The lowest BCUT2D eigenvalue weighted by molar-refractivity contribution is -0.128. The van der Waals surface area contributed by atoms with Crippen LogP contribution in [-0.2, 0) is 9.59 Å². The lowest BCUT2D eigenvalue weighted by atomic mass is 10.2. The lowest BCUT2D eigenvalue weighted by Gasteiger charge is -2.16. The minimum atomic E-state index is -0.444. The van der Waals surface area contributed by atoms with Crippen LogP contribution in [-0.4, -0.2) is 33.7 Å². The number of aryl methyl sites for hydroxylation is 2. The monoisotopic (exact) mass is 409 g/mol. The largest absolute Gasteiger partial charge is 0.326 e. The van der Waals surface area contributed by atoms with E-state index < -0.39 is 5.25 Å². The van der Waals surface area contributed by atoms with Crippen LogP contribution in [0.3, 0.4) is 0 Å². The summed E-state index contributed by atoms with van der Waals surface area (Å²) in [6.45, 7) is 6.70. The Kier molecular flexibility index (Phi) is 7.09. The molecule has 3 rings (SSSR count). The SMILES string of the molecule is CCCCN1C(=O)[C@H](CC(=O)Nc2ccccc2C)SC1=Nc1ccc(C)cc1. The fraction of sp³-hybridized carbons (Fsp3) is 0.348. The number of unbranched alkanes of at least 4 members (excludes halogenated alkanes) is 1. The molecule has 5 nitrogen and oxygen atoms in total. The Morgan fingerprint density at radius 3 is 2.55 bits per heavy atom. The Bertz CT molecular complexity index is 909. The highest BCUT2D eigenvalue weighted by molar-refractivity contribution is 8.15. The summed E-state index contributed by atoms with van der Waals surface area (Å²) in [6, 6.07) is 15.5. The van der Waals surface area contributed by atoms with Gasteiger partial charge in [-0.05, 0) is 44.0 Å². The highest BCUT2D eigenvalue weighted by Gasteiger charge is 2.38. The normalized spacial score (nSPS) is 17.8. The predicted octanol–water partition coefficient (Wildman–Crippen LogP) is 5.06. The van der Waals surface area contributed by atoms with Crippen LogP contribution < -0.4 is 5.32 Å². The molecule has 6 heteroatoms. The van der Waals surface area contributed by atoms with Crippen molar-refractivity contribution in [3.8, 4) is 0 Å². The van der Waals surface area contributed by atoms with Crippen LogP contribution in [0.2, 0.25) is 0 Å². The fourth-order valence-corrected chi connectivity index (χ4v) is 4.24. The molecule has 1 N–H and O–H groups in total. The van der Waals surface area contributed by atoms with Gasteiger partial charge in [0.25, 0.3) is 0 Å². The van der Waals surface area contributed by atoms with Gasteiger partial charge >= 0.3 is 0 Å². The standard InChI is InChI=1S/C23H27N3O2S/c1-4-5-14-26-22(28)20(15-21(27)25-19-9-7-6-8-17(19)3)29-23(26)24-18-12-10-16(2)11-13-18/h6-13,20H,4-5,14-15H2,1-3H3,(H,25,27)/t20-/m0/s1. The van der Waals surface area contributed by atoms with E-state index in [0.29, 0.717) is 11.7 Å². The molecule has 0 bridgehead atoms. The molecule has 29 heavy (non-hydrogen) atoms. The fourth-order valence-electron chi connectivity index (χ4n) is 3.06. The summed E-state index contributed by atoms with van der Waals surface area (Å²) >= 11 is 1.38. The van der Waals surface area contributed by atoms with Crippen LogP contribution in [0.25, 0.3) is 0 Å². The van der Waals surface area contributed by atoms with Crippen LogP contribution in [0, 0.1) is 13.8 Å². The summed E-state index contributed by atoms with van der Waals surface area (Å²) in [7, 11) is 0. The van der Waals surface area contributed by atoms with Crippen molar-refractivity contribution in [2.24, 2.45) is 4.99 Å². The van der Waals surface area contributed by atoms with Crippen molar-refractivity contribution in [1.29, 1.82) is 0 Å². The number of nitrogens with zero attached hydrogens (tertiary/aromatic N) is 2. The van der Waals surface area contributed by atoms with Crippen LogP contribution in [0.1, 0.15) is 37.3 Å². The van der Waals surface area contributed by atoms with Gasteiger partial charge in [-0.1, -0.05) is 61.0 Å². The maximum Gasteiger partial charge on any atom is 0.242 e. The van der Waals surface area contributed by atoms with Crippen molar-refractivity contribution in [2.45, 2.75) is 45.3 Å². The highest BCUT2D eigenvalue weighted by Crippen LogP contribution is 2.32. The molecule has 1 aliphatic heterocycles. The van der Waals surface area contributed by atoms with Crippen molar-refractivity contribution in [3.63, 3.8) is 0 Å². The lowest BCUT2D eigenvalue weighted by Crippen LogP contribution is -2.34. The molecule has 0 aromatic heterocycles. The number of amides is 2. The van der Waals surface area contributed by atoms with Gasteiger partial charge < -0.3 is 5.32 Å². The molecule has 0 unspecified atom stereocenters. The molecule has 152 valence electrons. The number of amidine groups is 1. The summed E-state index contributed by atoms with van der Waals surface area (Å²) in [4.78, 5) is 31.9. The van der Waals surface area contributed by atoms with Crippen molar-refractivity contribution < 1.29 is 9.59 Å². The van der Waals surface area contributed by atoms with E-state index in [1.807, 2.05) is 62.4 Å². The third-order valence-corrected chi connectivity index (χ3v) is 5.98. The first-order valence-electron chi connectivity index (χ1n) is 9.97. The number of hydrogen-bond acceptors (Lipinski definition) is 4. The maximum atomic E-state index is 13.0. The second-order valence-electron chi connectivity index (χ2n) is 7.25. The molecule has 1 saturated heterocycles. The molecular formula is C23H27N3O2S. The van der Waals surface area contributed by atoms with E-state index in [4.69, 9.17) is 4.99 Å². The zero-order chi connectivity index (χ0) is 20.8. The Balaban J connectivity index is 1.74. The highest BCUT2D eigenvalue weighted by atomic mass is 32.2. The van der Waals surface area contributed by atoms with E-state index in [1.165, 1.54) is 11.8 Å². The molecule has 0 aliphatic carbocycles. The van der Waals surface area contributed by atoms with Gasteiger partial charge in [-0.3, -0.25) is 14.5 Å². The molecule has 1 atom stereocenters. The predicted molar refractivity (Wildman–Crippen MR) is 121 cm³/mol. The average Bonchev–Trinajstić information content (AvgIpc) is 2.98. The van der Waals surface area contributed by atoms with E-state index in [0.717, 1.165) is 35.3 Å². The van der Waals surface area contributed by atoms with Crippen LogP contribution in [0.15, 0.2) is 53.5 Å². The number of anilines is 1. The van der Waals surface area contributed by atoms with Gasteiger partial charge in [-0.2, -0.15) is 0 Å². The topological polar surface area (TPSA) is 61.8 Å². The van der Waals surface area contributed by atoms with Crippen molar-refractivity contribution >= 4 is 40.1 Å². The smallest absolute Gasteiger partial charge is 0.242 e. The number of carbonyl (C=O) groups excluding carboxylic acids is 2. The molecule has 2 aromatic carbocycles. The quantitative estimate of drug-likeness (QED) is 0.695. The number of para-hydroxylation sites is 1. The zero-order valence-corrected chi connectivity index (χ0v) is 18.0. The molecular weight excluding hydrogens is 382 g/mol. The van der Waals surface area contributed by atoms with Gasteiger partial charge in [0.2, 0.25) is 11.8 Å². The Hall–Kier alpha value is -2.60. The first-order valence-corrected chi connectivity index (χ1v) is 10.8. The summed E-state index contributed by atoms with van der Waals surface area (Å²) < 4.78 is 0. The summed E-state index contributed by atoms with van der Waals surface area (Å²) in [6.07, 6.45) is 2.03. The van der Waals surface area contributed by atoms with Crippen LogP contribution >= 0.6 is 11.8 Å². The Morgan fingerprint density at radius 1 is 1.14 bits per heavy atom. The number of thioether (sulfide) groups is 1.